The van der Waals surface area contributed by atoms with Gasteiger partial charge in [-0.3, -0.25) is 0 Å². The summed E-state index contributed by atoms with van der Waals surface area (Å²) in [7, 11) is 0. The summed E-state index contributed by atoms with van der Waals surface area (Å²) in [5, 5.41) is 20.2. The molecule has 2 rings (SSSR count). The van der Waals surface area contributed by atoms with Crippen molar-refractivity contribution in [2.24, 2.45) is 0 Å². The molecule has 2 N–H and O–H groups in total. The van der Waals surface area contributed by atoms with Crippen molar-refractivity contribution in [1.82, 2.24) is 0 Å². The van der Waals surface area contributed by atoms with Crippen LogP contribution in [0.15, 0.2) is 30.3 Å². The third kappa shape index (κ3) is 7.00. The number of rotatable bonds is 9. The first-order chi connectivity index (χ1) is 10.9. The summed E-state index contributed by atoms with van der Waals surface area (Å²) < 4.78 is 11.2. The Kier molecular flexibility index (Phi) is 7.03. The van der Waals surface area contributed by atoms with E-state index in [4.69, 9.17) is 9.47 Å². The van der Waals surface area contributed by atoms with Crippen molar-refractivity contribution in [3.8, 4) is 0 Å². The number of benzene rings is 1. The number of hydrogen-bond donors (Lipinski definition) is 2. The van der Waals surface area contributed by atoms with Crippen molar-refractivity contribution >= 4 is 0 Å². The largest absolute Gasteiger partial charge is 0.393 e. The molecule has 130 valence electrons. The van der Waals surface area contributed by atoms with Crippen LogP contribution in [0.5, 0.6) is 0 Å². The molecule has 0 bridgehead atoms. The molecule has 0 aliphatic carbocycles. The second-order valence-electron chi connectivity index (χ2n) is 6.96. The van der Waals surface area contributed by atoms with Crippen molar-refractivity contribution in [2.75, 3.05) is 6.61 Å². The van der Waals surface area contributed by atoms with Crippen molar-refractivity contribution in [3.05, 3.63) is 35.9 Å². The predicted octanol–water partition coefficient (Wildman–Crippen LogP) is 3.05. The summed E-state index contributed by atoms with van der Waals surface area (Å²) in [6.07, 6.45) is 3.67. The van der Waals surface area contributed by atoms with Gasteiger partial charge in [0.25, 0.3) is 0 Å². The van der Waals surface area contributed by atoms with Crippen LogP contribution in [-0.4, -0.2) is 40.9 Å². The van der Waals surface area contributed by atoms with Crippen LogP contribution in [0.2, 0.25) is 0 Å². The zero-order valence-corrected chi connectivity index (χ0v) is 14.3. The molecule has 23 heavy (non-hydrogen) atoms. The van der Waals surface area contributed by atoms with Crippen LogP contribution in [0.3, 0.4) is 0 Å². The van der Waals surface area contributed by atoms with Gasteiger partial charge in [0.2, 0.25) is 0 Å². The second kappa shape index (κ2) is 8.78. The summed E-state index contributed by atoms with van der Waals surface area (Å²) in [5.74, 6) is -0.555. The van der Waals surface area contributed by atoms with E-state index in [1.165, 1.54) is 5.56 Å². The molecule has 0 spiro atoms. The third-order valence-corrected chi connectivity index (χ3v) is 4.24. The Labute approximate surface area is 139 Å². The Morgan fingerprint density at radius 3 is 2.52 bits per heavy atom. The highest BCUT2D eigenvalue weighted by molar-refractivity contribution is 5.14. The van der Waals surface area contributed by atoms with E-state index in [2.05, 4.69) is 24.3 Å². The van der Waals surface area contributed by atoms with Gasteiger partial charge in [-0.25, -0.2) is 0 Å². The predicted molar refractivity (Wildman–Crippen MR) is 90.1 cm³/mol. The van der Waals surface area contributed by atoms with E-state index in [9.17, 15) is 10.2 Å². The van der Waals surface area contributed by atoms with Crippen LogP contribution in [-0.2, 0) is 15.9 Å². The molecule has 0 aromatic heterocycles. The van der Waals surface area contributed by atoms with E-state index in [1.807, 2.05) is 19.9 Å². The maximum atomic E-state index is 10.1. The van der Waals surface area contributed by atoms with E-state index in [1.54, 1.807) is 0 Å². The smallest absolute Gasteiger partial charge is 0.163 e. The monoisotopic (exact) mass is 322 g/mol. The molecule has 1 heterocycles. The number of aryl methyl sites for hydroxylation is 1. The highest BCUT2D eigenvalue weighted by atomic mass is 16.7. The number of hydrogen-bond acceptors (Lipinski definition) is 4. The molecule has 1 aliphatic rings. The zero-order chi connectivity index (χ0) is 16.7. The lowest BCUT2D eigenvalue weighted by atomic mass is 10.0. The van der Waals surface area contributed by atoms with Crippen LogP contribution in [0.25, 0.3) is 0 Å². The van der Waals surface area contributed by atoms with E-state index in [-0.39, 0.29) is 6.10 Å². The lowest BCUT2D eigenvalue weighted by molar-refractivity contribution is -0.141. The lowest BCUT2D eigenvalue weighted by Gasteiger charge is -2.20. The van der Waals surface area contributed by atoms with Crippen LogP contribution in [0, 0.1) is 0 Å². The topological polar surface area (TPSA) is 58.9 Å². The number of ether oxygens (including phenoxy) is 2. The summed E-state index contributed by atoms with van der Waals surface area (Å²) in [6.45, 7) is 4.26. The molecule has 0 radical (unpaired) electrons. The van der Waals surface area contributed by atoms with Crippen LogP contribution in [0.1, 0.15) is 51.5 Å². The van der Waals surface area contributed by atoms with E-state index < -0.39 is 18.0 Å². The Morgan fingerprint density at radius 1 is 1.13 bits per heavy atom. The molecule has 0 unspecified atom stereocenters. The van der Waals surface area contributed by atoms with Crippen molar-refractivity contribution < 1.29 is 19.7 Å². The number of unbranched alkanes of at least 4 members (excludes halogenated alkanes) is 1. The molecule has 1 saturated heterocycles. The minimum absolute atomic E-state index is 0.0784. The Morgan fingerprint density at radius 2 is 1.87 bits per heavy atom. The van der Waals surface area contributed by atoms with Gasteiger partial charge in [0, 0.05) is 6.42 Å². The Bertz CT molecular complexity index is 446. The average molecular weight is 322 g/mol. The highest BCUT2D eigenvalue weighted by Gasteiger charge is 2.33. The van der Waals surface area contributed by atoms with Gasteiger partial charge >= 0.3 is 0 Å². The van der Waals surface area contributed by atoms with Crippen LogP contribution in [0.4, 0.5) is 0 Å². The van der Waals surface area contributed by atoms with Crippen molar-refractivity contribution in [1.29, 1.82) is 0 Å². The van der Waals surface area contributed by atoms with Crippen LogP contribution < -0.4 is 0 Å². The molecule has 4 nitrogen and oxygen atoms in total. The van der Waals surface area contributed by atoms with Gasteiger partial charge in [-0.2, -0.15) is 0 Å². The summed E-state index contributed by atoms with van der Waals surface area (Å²) in [6, 6.07) is 10.4. The third-order valence-electron chi connectivity index (χ3n) is 4.24. The van der Waals surface area contributed by atoms with Crippen molar-refractivity contribution in [2.45, 2.75) is 76.5 Å². The van der Waals surface area contributed by atoms with Gasteiger partial charge in [-0.15, -0.1) is 0 Å². The molecule has 0 saturated carbocycles. The SMILES string of the molecule is CC1(C)OC[C@H](C[C@@H](O)C[C@@H](O)CCCCc2ccccc2)O1. The fraction of sp³-hybridized carbons (Fsp3) is 0.684. The molecule has 3 atom stereocenters. The molecule has 1 aromatic carbocycles. The minimum atomic E-state index is -0.555. The van der Waals surface area contributed by atoms with E-state index in [0.717, 1.165) is 25.7 Å². The van der Waals surface area contributed by atoms with E-state index in [0.29, 0.717) is 19.4 Å². The van der Waals surface area contributed by atoms with E-state index >= 15 is 0 Å². The van der Waals surface area contributed by atoms with Crippen molar-refractivity contribution in [3.63, 3.8) is 0 Å². The molecule has 4 heteroatoms. The summed E-state index contributed by atoms with van der Waals surface area (Å²) in [5.41, 5.74) is 1.34. The minimum Gasteiger partial charge on any atom is -0.393 e. The molecular weight excluding hydrogens is 292 g/mol. The first-order valence-corrected chi connectivity index (χ1v) is 8.66. The van der Waals surface area contributed by atoms with Gasteiger partial charge in [0.05, 0.1) is 24.9 Å². The molecular formula is C19H30O4. The average Bonchev–Trinajstić information content (AvgIpc) is 2.83. The fourth-order valence-electron chi connectivity index (χ4n) is 3.06. The Balaban J connectivity index is 1.56. The maximum Gasteiger partial charge on any atom is 0.163 e. The summed E-state index contributed by atoms with van der Waals surface area (Å²) in [4.78, 5) is 0. The summed E-state index contributed by atoms with van der Waals surface area (Å²) >= 11 is 0. The quantitative estimate of drug-likeness (QED) is 0.686. The van der Waals surface area contributed by atoms with Gasteiger partial charge in [0.15, 0.2) is 5.79 Å². The highest BCUT2D eigenvalue weighted by Crippen LogP contribution is 2.25. The number of aliphatic hydroxyl groups is 2. The van der Waals surface area contributed by atoms with Gasteiger partial charge in [-0.05, 0) is 45.1 Å². The number of aliphatic hydroxyl groups excluding tert-OH is 2. The fourth-order valence-corrected chi connectivity index (χ4v) is 3.06. The molecule has 1 aliphatic heterocycles. The molecule has 1 aromatic rings. The first-order valence-electron chi connectivity index (χ1n) is 8.66. The van der Waals surface area contributed by atoms with Crippen LogP contribution >= 0.6 is 0 Å². The zero-order valence-electron chi connectivity index (χ0n) is 14.3. The standard InChI is InChI=1S/C19H30O4/c1-19(2)22-14-18(23-19)13-17(21)12-16(20)11-7-6-10-15-8-4-3-5-9-15/h3-5,8-9,16-18,20-21H,6-7,10-14H2,1-2H3/t16-,17-,18-/m0/s1. The van der Waals surface area contributed by atoms with Gasteiger partial charge in [-0.1, -0.05) is 36.8 Å². The molecule has 0 amide bonds. The lowest BCUT2D eigenvalue weighted by Crippen LogP contribution is -2.26. The normalized spacial score (nSPS) is 22.9. The first kappa shape index (κ1) is 18.4. The maximum absolute atomic E-state index is 10.1. The Hall–Kier alpha value is -0.940. The van der Waals surface area contributed by atoms with Gasteiger partial charge in [0.1, 0.15) is 0 Å². The van der Waals surface area contributed by atoms with Gasteiger partial charge < -0.3 is 19.7 Å². The second-order valence-corrected chi connectivity index (χ2v) is 6.96. The molecule has 1 fully saturated rings.